The highest BCUT2D eigenvalue weighted by Gasteiger charge is 2.35. The van der Waals surface area contributed by atoms with Crippen molar-refractivity contribution in [1.29, 1.82) is 0 Å². The SMILES string of the molecule is COc1ccc(-c2noc(C3CC(=O)N(c4cc(F)cc(F)c4)C3)n2)cc1OC. The van der Waals surface area contributed by atoms with Gasteiger partial charge in [-0.3, -0.25) is 4.79 Å². The number of carbonyl (C=O) groups excluding carboxylic acids is 1. The third kappa shape index (κ3) is 3.63. The van der Waals surface area contributed by atoms with E-state index in [1.165, 1.54) is 19.1 Å². The van der Waals surface area contributed by atoms with Gasteiger partial charge in [0.1, 0.15) is 11.6 Å². The first-order valence-corrected chi connectivity index (χ1v) is 8.81. The Hall–Kier alpha value is -3.49. The van der Waals surface area contributed by atoms with Gasteiger partial charge in [-0.2, -0.15) is 4.98 Å². The zero-order valence-electron chi connectivity index (χ0n) is 15.7. The van der Waals surface area contributed by atoms with Crippen LogP contribution in [0.4, 0.5) is 14.5 Å². The summed E-state index contributed by atoms with van der Waals surface area (Å²) in [6, 6.07) is 8.20. The molecule has 2 heterocycles. The molecule has 0 spiro atoms. The smallest absolute Gasteiger partial charge is 0.232 e. The maximum Gasteiger partial charge on any atom is 0.232 e. The first kappa shape index (κ1) is 18.9. The molecule has 29 heavy (non-hydrogen) atoms. The highest BCUT2D eigenvalue weighted by Crippen LogP contribution is 2.34. The molecule has 0 aliphatic carbocycles. The van der Waals surface area contributed by atoms with E-state index < -0.39 is 11.6 Å². The van der Waals surface area contributed by atoms with E-state index >= 15 is 0 Å². The molecule has 0 saturated carbocycles. The van der Waals surface area contributed by atoms with Gasteiger partial charge in [0.15, 0.2) is 11.5 Å². The van der Waals surface area contributed by atoms with Crippen molar-refractivity contribution < 1.29 is 27.6 Å². The molecular formula is C20H17F2N3O4. The number of carbonyl (C=O) groups is 1. The quantitative estimate of drug-likeness (QED) is 0.651. The minimum atomic E-state index is -0.746. The molecule has 1 aliphatic rings. The second-order valence-corrected chi connectivity index (χ2v) is 6.56. The first-order chi connectivity index (χ1) is 14.0. The largest absolute Gasteiger partial charge is 0.493 e. The number of nitrogens with zero attached hydrogens (tertiary/aromatic N) is 3. The van der Waals surface area contributed by atoms with Crippen molar-refractivity contribution >= 4 is 11.6 Å². The molecule has 9 heteroatoms. The van der Waals surface area contributed by atoms with Gasteiger partial charge in [0.25, 0.3) is 0 Å². The summed E-state index contributed by atoms with van der Waals surface area (Å²) < 4.78 is 42.8. The van der Waals surface area contributed by atoms with Crippen LogP contribution in [-0.2, 0) is 4.79 Å². The molecule has 1 aliphatic heterocycles. The van der Waals surface area contributed by atoms with Crippen LogP contribution < -0.4 is 14.4 Å². The molecule has 1 atom stereocenters. The van der Waals surface area contributed by atoms with Crippen LogP contribution in [-0.4, -0.2) is 36.8 Å². The van der Waals surface area contributed by atoms with E-state index in [0.29, 0.717) is 22.9 Å². The molecule has 7 nitrogen and oxygen atoms in total. The summed E-state index contributed by atoms with van der Waals surface area (Å²) in [7, 11) is 3.06. The van der Waals surface area contributed by atoms with Crippen molar-refractivity contribution in [3.63, 3.8) is 0 Å². The van der Waals surface area contributed by atoms with Crippen molar-refractivity contribution in [3.8, 4) is 22.9 Å². The van der Waals surface area contributed by atoms with Gasteiger partial charge >= 0.3 is 0 Å². The van der Waals surface area contributed by atoms with E-state index in [1.807, 2.05) is 0 Å². The van der Waals surface area contributed by atoms with Gasteiger partial charge in [-0.15, -0.1) is 0 Å². The van der Waals surface area contributed by atoms with E-state index in [1.54, 1.807) is 18.2 Å². The minimum Gasteiger partial charge on any atom is -0.493 e. The van der Waals surface area contributed by atoms with Crippen molar-refractivity contribution in [2.45, 2.75) is 12.3 Å². The summed E-state index contributed by atoms with van der Waals surface area (Å²) in [5.74, 6) is -0.437. The number of halogens is 2. The first-order valence-electron chi connectivity index (χ1n) is 8.81. The standard InChI is InChI=1S/C20H17F2N3O4/c1-27-16-4-3-11(5-17(16)28-2)19-23-20(29-24-19)12-6-18(26)25(10-12)15-8-13(21)7-14(22)9-15/h3-5,7-9,12H,6,10H2,1-2H3. The van der Waals surface area contributed by atoms with Gasteiger partial charge in [0.2, 0.25) is 17.6 Å². The lowest BCUT2D eigenvalue weighted by Gasteiger charge is -2.16. The topological polar surface area (TPSA) is 77.7 Å². The lowest BCUT2D eigenvalue weighted by atomic mass is 10.1. The lowest BCUT2D eigenvalue weighted by molar-refractivity contribution is -0.117. The molecule has 3 aromatic rings. The number of hydrogen-bond acceptors (Lipinski definition) is 6. The molecule has 0 radical (unpaired) electrons. The van der Waals surface area contributed by atoms with Gasteiger partial charge in [-0.25, -0.2) is 8.78 Å². The highest BCUT2D eigenvalue weighted by atomic mass is 19.1. The van der Waals surface area contributed by atoms with Gasteiger partial charge in [0.05, 0.1) is 20.1 Å². The van der Waals surface area contributed by atoms with Gasteiger partial charge in [-0.05, 0) is 30.3 Å². The van der Waals surface area contributed by atoms with E-state index in [2.05, 4.69) is 10.1 Å². The summed E-state index contributed by atoms with van der Waals surface area (Å²) in [5.41, 5.74) is 0.820. The third-order valence-corrected chi connectivity index (χ3v) is 4.72. The van der Waals surface area contributed by atoms with Crippen LogP contribution in [0.15, 0.2) is 40.9 Å². The van der Waals surface area contributed by atoms with Crippen molar-refractivity contribution in [2.75, 3.05) is 25.7 Å². The fourth-order valence-electron chi connectivity index (χ4n) is 3.31. The number of aromatic nitrogens is 2. The summed E-state index contributed by atoms with van der Waals surface area (Å²) in [5, 5.41) is 3.98. The number of methoxy groups -OCH3 is 2. The molecule has 1 unspecified atom stereocenters. The number of amides is 1. The molecule has 2 aromatic carbocycles. The summed E-state index contributed by atoms with van der Waals surface area (Å²) in [6.07, 6.45) is 0.103. The Kier molecular flexibility index (Phi) is 4.87. The molecule has 150 valence electrons. The van der Waals surface area contributed by atoms with Crippen LogP contribution >= 0.6 is 0 Å². The van der Waals surface area contributed by atoms with Crippen LogP contribution in [0, 0.1) is 11.6 Å². The zero-order valence-corrected chi connectivity index (χ0v) is 15.7. The number of ether oxygens (including phenoxy) is 2. The van der Waals surface area contributed by atoms with Crippen molar-refractivity contribution in [3.05, 3.63) is 53.9 Å². The normalized spacial score (nSPS) is 16.3. The Morgan fingerprint density at radius 1 is 1.07 bits per heavy atom. The van der Waals surface area contributed by atoms with Gasteiger partial charge < -0.3 is 18.9 Å². The predicted octanol–water partition coefficient (Wildman–Crippen LogP) is 3.55. The Bertz CT molecular complexity index is 1050. The van der Waals surface area contributed by atoms with Crippen LogP contribution in [0.25, 0.3) is 11.4 Å². The van der Waals surface area contributed by atoms with Crippen LogP contribution in [0.2, 0.25) is 0 Å². The van der Waals surface area contributed by atoms with E-state index in [-0.39, 0.29) is 36.4 Å². The third-order valence-electron chi connectivity index (χ3n) is 4.72. The van der Waals surface area contributed by atoms with Crippen LogP contribution in [0.5, 0.6) is 11.5 Å². The molecule has 0 bridgehead atoms. The van der Waals surface area contributed by atoms with Crippen LogP contribution in [0.3, 0.4) is 0 Å². The average Bonchev–Trinajstić information content (AvgIpc) is 3.33. The molecule has 1 amide bonds. The molecule has 0 N–H and O–H groups in total. The number of benzene rings is 2. The summed E-state index contributed by atoms with van der Waals surface area (Å²) in [4.78, 5) is 18.1. The molecule has 1 fully saturated rings. The van der Waals surface area contributed by atoms with E-state index in [9.17, 15) is 13.6 Å². The predicted molar refractivity (Wildman–Crippen MR) is 98.9 cm³/mol. The van der Waals surface area contributed by atoms with E-state index in [4.69, 9.17) is 14.0 Å². The molecule has 4 rings (SSSR count). The minimum absolute atomic E-state index is 0.103. The summed E-state index contributed by atoms with van der Waals surface area (Å²) >= 11 is 0. The van der Waals surface area contributed by atoms with Crippen molar-refractivity contribution in [1.82, 2.24) is 10.1 Å². The van der Waals surface area contributed by atoms with Gasteiger partial charge in [-0.1, -0.05) is 5.16 Å². The second-order valence-electron chi connectivity index (χ2n) is 6.56. The monoisotopic (exact) mass is 401 g/mol. The molecule has 1 aromatic heterocycles. The Morgan fingerprint density at radius 2 is 1.79 bits per heavy atom. The lowest BCUT2D eigenvalue weighted by Crippen LogP contribution is -2.24. The maximum absolute atomic E-state index is 13.5. The Labute approximate surface area is 164 Å². The Morgan fingerprint density at radius 3 is 2.48 bits per heavy atom. The Balaban J connectivity index is 1.57. The second kappa shape index (κ2) is 7.50. The fourth-order valence-corrected chi connectivity index (χ4v) is 3.31. The van der Waals surface area contributed by atoms with Crippen LogP contribution in [0.1, 0.15) is 18.2 Å². The number of rotatable bonds is 5. The molecule has 1 saturated heterocycles. The maximum atomic E-state index is 13.5. The average molecular weight is 401 g/mol. The highest BCUT2D eigenvalue weighted by molar-refractivity contribution is 5.96. The zero-order chi connectivity index (χ0) is 20.5. The summed E-state index contributed by atoms with van der Waals surface area (Å²) in [6.45, 7) is 0.190. The van der Waals surface area contributed by atoms with Crippen molar-refractivity contribution in [2.24, 2.45) is 0 Å². The number of hydrogen-bond donors (Lipinski definition) is 0. The molecular weight excluding hydrogens is 384 g/mol. The number of anilines is 1. The van der Waals surface area contributed by atoms with Gasteiger partial charge in [0, 0.05) is 30.3 Å². The van der Waals surface area contributed by atoms with E-state index in [0.717, 1.165) is 18.2 Å². The fraction of sp³-hybridized carbons (Fsp3) is 0.250.